The van der Waals surface area contributed by atoms with E-state index in [-0.39, 0.29) is 17.9 Å². The fourth-order valence-electron chi connectivity index (χ4n) is 2.58. The van der Waals surface area contributed by atoms with Gasteiger partial charge in [0.15, 0.2) is 11.5 Å². The number of carbonyl (C=O) groups is 1. The van der Waals surface area contributed by atoms with Gasteiger partial charge in [0.25, 0.3) is 0 Å². The first-order chi connectivity index (χ1) is 9.97. The van der Waals surface area contributed by atoms with Crippen molar-refractivity contribution in [3.63, 3.8) is 0 Å². The monoisotopic (exact) mass is 292 g/mol. The molecule has 1 aromatic rings. The van der Waals surface area contributed by atoms with Crippen LogP contribution in [-0.4, -0.2) is 37.6 Å². The number of rotatable bonds is 4. The van der Waals surface area contributed by atoms with Crippen molar-refractivity contribution in [2.24, 2.45) is 11.7 Å². The topological polar surface area (TPSA) is 64.8 Å². The van der Waals surface area contributed by atoms with E-state index >= 15 is 0 Å². The third-order valence-corrected chi connectivity index (χ3v) is 4.21. The van der Waals surface area contributed by atoms with Crippen molar-refractivity contribution in [2.75, 3.05) is 20.8 Å². The summed E-state index contributed by atoms with van der Waals surface area (Å²) in [6, 6.07) is 3.83. The van der Waals surface area contributed by atoms with Crippen LogP contribution in [0.1, 0.15) is 25.0 Å². The van der Waals surface area contributed by atoms with Crippen LogP contribution in [-0.2, 0) is 17.8 Å². The van der Waals surface area contributed by atoms with E-state index < -0.39 is 0 Å². The van der Waals surface area contributed by atoms with Gasteiger partial charge in [0.1, 0.15) is 0 Å². The first-order valence-electron chi connectivity index (χ1n) is 7.26. The third-order valence-electron chi connectivity index (χ3n) is 4.21. The highest BCUT2D eigenvalue weighted by Crippen LogP contribution is 2.33. The molecule has 21 heavy (non-hydrogen) atoms. The van der Waals surface area contributed by atoms with Gasteiger partial charge in [-0.15, -0.1) is 0 Å². The molecule has 1 heterocycles. The summed E-state index contributed by atoms with van der Waals surface area (Å²) in [5, 5.41) is 0. The summed E-state index contributed by atoms with van der Waals surface area (Å²) >= 11 is 0. The van der Waals surface area contributed by atoms with Gasteiger partial charge in [-0.3, -0.25) is 4.79 Å². The minimum atomic E-state index is -0.160. The Kier molecular flexibility index (Phi) is 4.73. The van der Waals surface area contributed by atoms with E-state index in [1.165, 1.54) is 5.56 Å². The van der Waals surface area contributed by atoms with Gasteiger partial charge >= 0.3 is 0 Å². The number of fused-ring (bicyclic) bond motifs is 1. The second-order valence-electron chi connectivity index (χ2n) is 5.63. The summed E-state index contributed by atoms with van der Waals surface area (Å²) in [5.41, 5.74) is 8.17. The fourth-order valence-corrected chi connectivity index (χ4v) is 2.58. The molecule has 116 valence electrons. The van der Waals surface area contributed by atoms with E-state index in [0.29, 0.717) is 12.3 Å². The number of methoxy groups -OCH3 is 2. The molecule has 1 aliphatic heterocycles. The number of amides is 1. The van der Waals surface area contributed by atoms with Crippen LogP contribution >= 0.6 is 0 Å². The molecule has 5 nitrogen and oxygen atoms in total. The van der Waals surface area contributed by atoms with E-state index in [2.05, 4.69) is 0 Å². The Labute approximate surface area is 126 Å². The van der Waals surface area contributed by atoms with Crippen molar-refractivity contribution in [1.29, 1.82) is 0 Å². The maximum absolute atomic E-state index is 12.4. The van der Waals surface area contributed by atoms with Gasteiger partial charge in [-0.1, -0.05) is 6.92 Å². The summed E-state index contributed by atoms with van der Waals surface area (Å²) in [7, 11) is 3.25. The van der Waals surface area contributed by atoms with Crippen molar-refractivity contribution in [2.45, 2.75) is 32.9 Å². The van der Waals surface area contributed by atoms with E-state index in [9.17, 15) is 4.79 Å². The van der Waals surface area contributed by atoms with Crippen LogP contribution in [0.4, 0.5) is 0 Å². The molecule has 0 aliphatic carbocycles. The van der Waals surface area contributed by atoms with Crippen molar-refractivity contribution in [1.82, 2.24) is 4.90 Å². The van der Waals surface area contributed by atoms with Crippen LogP contribution in [0.3, 0.4) is 0 Å². The number of hydrogen-bond acceptors (Lipinski definition) is 4. The first-order valence-corrected chi connectivity index (χ1v) is 7.26. The number of benzene rings is 1. The standard InChI is InChI=1S/C16H24N2O3/c1-10(11(2)17)16(19)18-6-5-12-7-14(20-3)15(21-4)8-13(12)9-18/h7-8,10-11H,5-6,9,17H2,1-4H3. The summed E-state index contributed by atoms with van der Waals surface area (Å²) in [5.74, 6) is 1.39. The van der Waals surface area contributed by atoms with Crippen molar-refractivity contribution in [3.05, 3.63) is 23.3 Å². The Morgan fingerprint density at radius 1 is 1.19 bits per heavy atom. The zero-order valence-electron chi connectivity index (χ0n) is 13.2. The lowest BCUT2D eigenvalue weighted by atomic mass is 9.96. The van der Waals surface area contributed by atoms with Gasteiger partial charge in [0, 0.05) is 19.1 Å². The van der Waals surface area contributed by atoms with Crippen LogP contribution in [0.25, 0.3) is 0 Å². The smallest absolute Gasteiger partial charge is 0.227 e. The zero-order chi connectivity index (χ0) is 15.6. The molecule has 0 bridgehead atoms. The predicted octanol–water partition coefficient (Wildman–Crippen LogP) is 1.57. The third kappa shape index (κ3) is 3.13. The quantitative estimate of drug-likeness (QED) is 0.915. The van der Waals surface area contributed by atoms with Crippen LogP contribution < -0.4 is 15.2 Å². The Balaban J connectivity index is 2.22. The number of carbonyl (C=O) groups excluding carboxylic acids is 1. The SMILES string of the molecule is COc1cc2c(cc1OC)CN(C(=O)C(C)C(C)N)CC2. The molecule has 2 atom stereocenters. The van der Waals surface area contributed by atoms with Gasteiger partial charge in [-0.2, -0.15) is 0 Å². The van der Waals surface area contributed by atoms with E-state index in [1.54, 1.807) is 14.2 Å². The summed E-state index contributed by atoms with van der Waals surface area (Å²) in [4.78, 5) is 14.3. The number of nitrogens with two attached hydrogens (primary N) is 1. The molecule has 0 spiro atoms. The van der Waals surface area contributed by atoms with Crippen LogP contribution in [0.2, 0.25) is 0 Å². The Hall–Kier alpha value is -1.75. The fraction of sp³-hybridized carbons (Fsp3) is 0.562. The van der Waals surface area contributed by atoms with Crippen molar-refractivity contribution in [3.8, 4) is 11.5 Å². The molecule has 0 saturated carbocycles. The molecule has 0 saturated heterocycles. The summed E-state index contributed by atoms with van der Waals surface area (Å²) in [6.07, 6.45) is 0.826. The maximum Gasteiger partial charge on any atom is 0.227 e. The molecule has 2 N–H and O–H groups in total. The van der Waals surface area contributed by atoms with Crippen molar-refractivity contribution < 1.29 is 14.3 Å². The lowest BCUT2D eigenvalue weighted by Gasteiger charge is -2.32. The molecule has 5 heteroatoms. The average Bonchev–Trinajstić information content (AvgIpc) is 2.51. The molecule has 0 aromatic heterocycles. The molecule has 1 aliphatic rings. The second-order valence-corrected chi connectivity index (χ2v) is 5.63. The van der Waals surface area contributed by atoms with Gasteiger partial charge < -0.3 is 20.1 Å². The normalized spacial score (nSPS) is 16.9. The second kappa shape index (κ2) is 6.35. The molecular weight excluding hydrogens is 268 g/mol. The average molecular weight is 292 g/mol. The zero-order valence-corrected chi connectivity index (χ0v) is 13.2. The van der Waals surface area contributed by atoms with E-state index in [1.807, 2.05) is 30.9 Å². The molecule has 2 rings (SSSR count). The molecule has 1 amide bonds. The van der Waals surface area contributed by atoms with E-state index in [0.717, 1.165) is 24.3 Å². The Morgan fingerprint density at radius 2 is 1.76 bits per heavy atom. The molecule has 2 unspecified atom stereocenters. The largest absolute Gasteiger partial charge is 0.493 e. The number of ether oxygens (including phenoxy) is 2. The Morgan fingerprint density at radius 3 is 2.29 bits per heavy atom. The number of nitrogens with zero attached hydrogens (tertiary/aromatic N) is 1. The molecule has 0 radical (unpaired) electrons. The van der Waals surface area contributed by atoms with Gasteiger partial charge in [-0.25, -0.2) is 0 Å². The highest BCUT2D eigenvalue weighted by molar-refractivity contribution is 5.79. The van der Waals surface area contributed by atoms with Crippen LogP contribution in [0.15, 0.2) is 12.1 Å². The van der Waals surface area contributed by atoms with Crippen LogP contribution in [0.5, 0.6) is 11.5 Å². The summed E-state index contributed by atoms with van der Waals surface area (Å²) < 4.78 is 10.7. The van der Waals surface area contributed by atoms with Gasteiger partial charge in [-0.05, 0) is 36.6 Å². The predicted molar refractivity (Wildman–Crippen MR) is 81.5 cm³/mol. The lowest BCUT2D eigenvalue weighted by molar-refractivity contribution is -0.136. The highest BCUT2D eigenvalue weighted by Gasteiger charge is 2.27. The minimum Gasteiger partial charge on any atom is -0.493 e. The van der Waals surface area contributed by atoms with Crippen LogP contribution in [0, 0.1) is 5.92 Å². The van der Waals surface area contributed by atoms with E-state index in [4.69, 9.17) is 15.2 Å². The van der Waals surface area contributed by atoms with Gasteiger partial charge in [0.05, 0.1) is 20.1 Å². The lowest BCUT2D eigenvalue weighted by Crippen LogP contribution is -2.43. The van der Waals surface area contributed by atoms with Gasteiger partial charge in [0.2, 0.25) is 5.91 Å². The van der Waals surface area contributed by atoms with Crippen molar-refractivity contribution >= 4 is 5.91 Å². The molecular formula is C16H24N2O3. The molecule has 0 fully saturated rings. The minimum absolute atomic E-state index is 0.116. The number of hydrogen-bond donors (Lipinski definition) is 1. The first kappa shape index (κ1) is 15.6. The molecule has 1 aromatic carbocycles. The maximum atomic E-state index is 12.4. The Bertz CT molecular complexity index is 528. The summed E-state index contributed by atoms with van der Waals surface area (Å²) in [6.45, 7) is 5.08. The highest BCUT2D eigenvalue weighted by atomic mass is 16.5.